The van der Waals surface area contributed by atoms with Crippen LogP contribution in [0.1, 0.15) is 51.9 Å². The molecule has 4 nitrogen and oxygen atoms in total. The molecule has 1 heterocycles. The minimum atomic E-state index is -0.525. The van der Waals surface area contributed by atoms with Crippen molar-refractivity contribution in [3.8, 4) is 0 Å². The summed E-state index contributed by atoms with van der Waals surface area (Å²) in [6, 6.07) is 0. The van der Waals surface area contributed by atoms with Crippen LogP contribution in [0.3, 0.4) is 0 Å². The van der Waals surface area contributed by atoms with Crippen LogP contribution >= 0.6 is 0 Å². The zero-order valence-electron chi connectivity index (χ0n) is 14.6. The van der Waals surface area contributed by atoms with Crippen LogP contribution in [0.4, 0.5) is 0 Å². The van der Waals surface area contributed by atoms with E-state index < -0.39 is 11.0 Å². The SMILES string of the molecule is C=C1C[C@]23CC1CC[C@H]2[C@]12CCCC(C)(C1[C@@H]3C(=O)OC)[14C](=O)O2. The number of allylic oxidation sites excluding steroid dienone is 1. The van der Waals surface area contributed by atoms with Gasteiger partial charge < -0.3 is 9.47 Å². The van der Waals surface area contributed by atoms with E-state index in [4.69, 9.17) is 9.47 Å². The van der Waals surface area contributed by atoms with Crippen molar-refractivity contribution in [2.24, 2.45) is 34.5 Å². The molecule has 5 fully saturated rings. The van der Waals surface area contributed by atoms with Gasteiger partial charge >= 0.3 is 11.9 Å². The first-order valence-electron chi connectivity index (χ1n) is 9.38. The summed E-state index contributed by atoms with van der Waals surface area (Å²) in [7, 11) is 1.48. The van der Waals surface area contributed by atoms with E-state index in [-0.39, 0.29) is 29.2 Å². The summed E-state index contributed by atoms with van der Waals surface area (Å²) in [4.78, 5) is 25.8. The predicted molar refractivity (Wildman–Crippen MR) is 86.8 cm³/mol. The Hall–Kier alpha value is -1.32. The topological polar surface area (TPSA) is 52.6 Å². The number of ether oxygens (including phenoxy) is 2. The Kier molecular flexibility index (Phi) is 2.66. The summed E-state index contributed by atoms with van der Waals surface area (Å²) in [6.07, 6.45) is 6.88. The molecule has 4 heteroatoms. The number of methoxy groups -OCH3 is 1. The van der Waals surface area contributed by atoms with E-state index in [1.54, 1.807) is 0 Å². The van der Waals surface area contributed by atoms with Crippen LogP contribution in [0.15, 0.2) is 12.2 Å². The van der Waals surface area contributed by atoms with Gasteiger partial charge in [0, 0.05) is 11.8 Å². The third kappa shape index (κ3) is 1.36. The van der Waals surface area contributed by atoms with Gasteiger partial charge in [0.25, 0.3) is 0 Å². The van der Waals surface area contributed by atoms with Gasteiger partial charge in [0.05, 0.1) is 18.4 Å². The molecular formula is C20H26O4. The highest BCUT2D eigenvalue weighted by Gasteiger charge is 2.81. The molecule has 0 radical (unpaired) electrons. The molecule has 1 spiro atoms. The maximum absolute atomic E-state index is 13.0. The normalized spacial score (nSPS) is 54.2. The van der Waals surface area contributed by atoms with E-state index in [1.165, 1.54) is 12.7 Å². The van der Waals surface area contributed by atoms with E-state index in [2.05, 4.69) is 6.58 Å². The van der Waals surface area contributed by atoms with Crippen molar-refractivity contribution in [2.75, 3.05) is 7.11 Å². The fraction of sp³-hybridized carbons (Fsp3) is 0.800. The quantitative estimate of drug-likeness (QED) is 0.546. The maximum atomic E-state index is 13.0. The standard InChI is InChI=1S/C20H26O4/c1-11-9-19-10-12(11)5-6-13(19)20-8-4-7-18(2,17(22)24-20)15(20)14(19)16(21)23-3/h12-15H,1,4-10H2,2-3H3/t12?,13-,14-,15?,18?,19+,20-/m1/s1/i17+2. The number of hydrogen-bond donors (Lipinski definition) is 0. The lowest BCUT2D eigenvalue weighted by Crippen LogP contribution is -2.47. The summed E-state index contributed by atoms with van der Waals surface area (Å²) >= 11 is 0. The molecule has 0 amide bonds. The monoisotopic (exact) mass is 332 g/mol. The minimum Gasteiger partial charge on any atom is -0.469 e. The number of hydrogen-bond acceptors (Lipinski definition) is 4. The van der Waals surface area contributed by atoms with Crippen LogP contribution in [0.5, 0.6) is 0 Å². The van der Waals surface area contributed by atoms with Crippen LogP contribution in [-0.2, 0) is 19.1 Å². The van der Waals surface area contributed by atoms with Gasteiger partial charge in [0.1, 0.15) is 5.60 Å². The number of esters is 2. The molecule has 24 heavy (non-hydrogen) atoms. The molecule has 7 atom stereocenters. The first-order chi connectivity index (χ1) is 11.4. The summed E-state index contributed by atoms with van der Waals surface area (Å²) in [5, 5.41) is 0. The Morgan fingerprint density at radius 1 is 1.38 bits per heavy atom. The zero-order chi connectivity index (χ0) is 16.9. The van der Waals surface area contributed by atoms with Crippen molar-refractivity contribution in [3.05, 3.63) is 12.2 Å². The van der Waals surface area contributed by atoms with Gasteiger partial charge in [-0.15, -0.1) is 0 Å². The average Bonchev–Trinajstić information content (AvgIpc) is 2.99. The van der Waals surface area contributed by atoms with Crippen molar-refractivity contribution in [3.63, 3.8) is 0 Å². The second-order valence-corrected chi connectivity index (χ2v) is 9.19. The number of carbonyl (C=O) groups is 2. The minimum absolute atomic E-state index is 0.0200. The summed E-state index contributed by atoms with van der Waals surface area (Å²) in [5.41, 5.74) is 0.249. The first-order valence-corrected chi connectivity index (χ1v) is 9.38. The number of fused-ring (bicyclic) bond motifs is 1. The molecule has 0 aromatic rings. The van der Waals surface area contributed by atoms with Gasteiger partial charge in [-0.05, 0) is 63.2 Å². The molecule has 0 N–H and O–H groups in total. The van der Waals surface area contributed by atoms with Gasteiger partial charge in [-0.1, -0.05) is 12.2 Å². The highest BCUT2D eigenvalue weighted by atomic mass is 16.8. The van der Waals surface area contributed by atoms with Gasteiger partial charge in [0.15, 0.2) is 0 Å². The highest BCUT2D eigenvalue weighted by Crippen LogP contribution is 2.77. The molecule has 1 saturated heterocycles. The van der Waals surface area contributed by atoms with Crippen LogP contribution < -0.4 is 0 Å². The van der Waals surface area contributed by atoms with Crippen LogP contribution in [0.2, 0.25) is 0 Å². The first kappa shape index (κ1) is 15.0. The van der Waals surface area contributed by atoms with Gasteiger partial charge in [0.2, 0.25) is 0 Å². The second-order valence-electron chi connectivity index (χ2n) is 9.19. The van der Waals surface area contributed by atoms with Crippen LogP contribution in [0.25, 0.3) is 0 Å². The Morgan fingerprint density at radius 2 is 2.17 bits per heavy atom. The number of rotatable bonds is 1. The van der Waals surface area contributed by atoms with Crippen molar-refractivity contribution in [2.45, 2.75) is 57.5 Å². The van der Waals surface area contributed by atoms with E-state index in [1.807, 2.05) is 6.92 Å². The van der Waals surface area contributed by atoms with Gasteiger partial charge in [-0.3, -0.25) is 9.59 Å². The van der Waals surface area contributed by atoms with Crippen molar-refractivity contribution in [1.29, 1.82) is 0 Å². The average molecular weight is 332 g/mol. The molecular weight excluding hydrogens is 306 g/mol. The predicted octanol–water partition coefficient (Wildman–Crippen LogP) is 3.25. The van der Waals surface area contributed by atoms with Gasteiger partial charge in [-0.25, -0.2) is 0 Å². The van der Waals surface area contributed by atoms with Crippen LogP contribution in [0, 0.1) is 34.5 Å². The molecule has 4 bridgehead atoms. The Balaban J connectivity index is 1.74. The molecule has 0 aromatic carbocycles. The third-order valence-electron chi connectivity index (χ3n) is 8.48. The van der Waals surface area contributed by atoms with E-state index in [9.17, 15) is 9.59 Å². The Labute approximate surface area is 143 Å². The van der Waals surface area contributed by atoms with Crippen molar-refractivity contribution in [1.82, 2.24) is 0 Å². The van der Waals surface area contributed by atoms with E-state index >= 15 is 0 Å². The maximum Gasteiger partial charge on any atom is 0.312 e. The van der Waals surface area contributed by atoms with Gasteiger partial charge in [-0.2, -0.15) is 0 Å². The number of carbonyl (C=O) groups excluding carboxylic acids is 2. The Bertz CT molecular complexity index is 669. The summed E-state index contributed by atoms with van der Waals surface area (Å²) in [6.45, 7) is 6.36. The zero-order valence-corrected chi connectivity index (χ0v) is 14.6. The lowest BCUT2D eigenvalue weighted by atomic mass is 9.63. The second kappa shape index (κ2) is 4.25. The van der Waals surface area contributed by atoms with Crippen molar-refractivity contribution < 1.29 is 19.1 Å². The lowest BCUT2D eigenvalue weighted by Gasteiger charge is -2.43. The highest BCUT2D eigenvalue weighted by molar-refractivity contribution is 5.85. The molecule has 130 valence electrons. The van der Waals surface area contributed by atoms with Crippen LogP contribution in [-0.4, -0.2) is 24.6 Å². The Morgan fingerprint density at radius 3 is 2.92 bits per heavy atom. The molecule has 5 aliphatic rings. The molecule has 1 aliphatic heterocycles. The fourth-order valence-corrected chi connectivity index (χ4v) is 7.81. The molecule has 0 aromatic heterocycles. The van der Waals surface area contributed by atoms with E-state index in [0.717, 1.165) is 44.9 Å². The molecule has 4 aliphatic carbocycles. The fourth-order valence-electron chi connectivity index (χ4n) is 7.81. The summed E-state index contributed by atoms with van der Waals surface area (Å²) in [5.74, 6) is 0.383. The molecule has 5 rings (SSSR count). The smallest absolute Gasteiger partial charge is 0.312 e. The summed E-state index contributed by atoms with van der Waals surface area (Å²) < 4.78 is 11.5. The van der Waals surface area contributed by atoms with Crippen molar-refractivity contribution >= 4 is 11.9 Å². The largest absolute Gasteiger partial charge is 0.469 e. The van der Waals surface area contributed by atoms with E-state index in [0.29, 0.717) is 11.8 Å². The molecule has 4 saturated carbocycles. The lowest BCUT2D eigenvalue weighted by molar-refractivity contribution is -0.161. The third-order valence-corrected chi connectivity index (χ3v) is 8.48. The molecule has 3 unspecified atom stereocenters.